The molecule has 7 heteroatoms. The van der Waals surface area contributed by atoms with Crippen LogP contribution in [0.2, 0.25) is 0 Å². The molecule has 0 fully saturated rings. The van der Waals surface area contributed by atoms with Crippen molar-refractivity contribution >= 4 is 43.8 Å². The van der Waals surface area contributed by atoms with Crippen molar-refractivity contribution in [2.24, 2.45) is 5.41 Å². The molecule has 0 aliphatic heterocycles. The minimum Gasteiger partial charge on any atom is -0.460 e. The van der Waals surface area contributed by atoms with Crippen LogP contribution in [-0.2, 0) is 16.4 Å². The predicted molar refractivity (Wildman–Crippen MR) is 97.8 cm³/mol. The van der Waals surface area contributed by atoms with E-state index in [1.165, 1.54) is 0 Å². The number of anilines is 1. The first-order chi connectivity index (χ1) is 11.8. The number of ketones is 1. The largest absolute Gasteiger partial charge is 0.460 e. The van der Waals surface area contributed by atoms with Crippen molar-refractivity contribution in [1.82, 2.24) is 0 Å². The van der Waals surface area contributed by atoms with Crippen molar-refractivity contribution < 1.29 is 17.6 Å². The van der Waals surface area contributed by atoms with Gasteiger partial charge in [-0.15, -0.1) is 11.3 Å². The molecule has 2 aromatic heterocycles. The Morgan fingerprint density at radius 1 is 1.20 bits per heavy atom. The average molecular weight is 375 g/mol. The van der Waals surface area contributed by atoms with Crippen molar-refractivity contribution in [2.45, 2.75) is 30.9 Å². The van der Waals surface area contributed by atoms with Gasteiger partial charge < -0.3 is 4.42 Å². The minimum absolute atomic E-state index is 0.0447. The molecule has 130 valence electrons. The van der Waals surface area contributed by atoms with Crippen molar-refractivity contribution in [1.29, 1.82) is 0 Å². The molecule has 1 aromatic carbocycles. The molecular formula is C18H17NO4S2. The number of thiophene rings is 1. The molecule has 0 unspecified atom stereocenters. The van der Waals surface area contributed by atoms with Gasteiger partial charge in [0.2, 0.25) is 0 Å². The van der Waals surface area contributed by atoms with Crippen molar-refractivity contribution in [3.8, 4) is 0 Å². The molecule has 0 spiro atoms. The summed E-state index contributed by atoms with van der Waals surface area (Å²) < 4.78 is 33.4. The lowest BCUT2D eigenvalue weighted by Crippen LogP contribution is -2.25. The Bertz CT molecular complexity index is 1080. The van der Waals surface area contributed by atoms with Gasteiger partial charge in [0.25, 0.3) is 10.0 Å². The standard InChI is InChI=1S/C18H17NO4S2/c1-18(2)9-13(20)17-12-8-11(5-6-14(12)23-15(17)10-18)19-25(21,22)16-4-3-7-24-16/h3-8,19H,9-10H2,1-2H3. The van der Waals surface area contributed by atoms with Crippen LogP contribution in [0.4, 0.5) is 5.69 Å². The molecule has 0 amide bonds. The van der Waals surface area contributed by atoms with Crippen LogP contribution in [0.5, 0.6) is 0 Å². The van der Waals surface area contributed by atoms with Gasteiger partial charge in [-0.1, -0.05) is 19.9 Å². The van der Waals surface area contributed by atoms with Gasteiger partial charge in [0.15, 0.2) is 5.78 Å². The summed E-state index contributed by atoms with van der Waals surface area (Å²) in [5.74, 6) is 0.734. The summed E-state index contributed by atoms with van der Waals surface area (Å²) in [6.45, 7) is 4.09. The van der Waals surface area contributed by atoms with E-state index in [0.29, 0.717) is 40.8 Å². The van der Waals surface area contributed by atoms with E-state index in [-0.39, 0.29) is 15.4 Å². The molecule has 0 radical (unpaired) electrons. The third-order valence-corrected chi connectivity index (χ3v) is 7.11. The molecule has 1 aliphatic rings. The summed E-state index contributed by atoms with van der Waals surface area (Å²) in [7, 11) is -3.62. The van der Waals surface area contributed by atoms with Crippen molar-refractivity contribution in [3.05, 3.63) is 47.0 Å². The lowest BCUT2D eigenvalue weighted by atomic mass is 9.76. The summed E-state index contributed by atoms with van der Waals surface area (Å²) >= 11 is 1.15. The number of fused-ring (bicyclic) bond motifs is 3. The maximum absolute atomic E-state index is 12.6. The molecule has 25 heavy (non-hydrogen) atoms. The van der Waals surface area contributed by atoms with Gasteiger partial charge in [-0.05, 0) is 35.1 Å². The van der Waals surface area contributed by atoms with Crippen LogP contribution in [0.15, 0.2) is 44.3 Å². The van der Waals surface area contributed by atoms with Crippen LogP contribution in [0, 0.1) is 5.41 Å². The van der Waals surface area contributed by atoms with Gasteiger partial charge in [0, 0.05) is 23.9 Å². The topological polar surface area (TPSA) is 76.4 Å². The highest BCUT2D eigenvalue weighted by atomic mass is 32.2. The number of carbonyl (C=O) groups is 1. The van der Waals surface area contributed by atoms with Crippen LogP contribution in [0.1, 0.15) is 36.4 Å². The highest BCUT2D eigenvalue weighted by molar-refractivity contribution is 7.94. The minimum atomic E-state index is -3.62. The fourth-order valence-corrected chi connectivity index (χ4v) is 5.33. The molecule has 0 saturated heterocycles. The zero-order valence-corrected chi connectivity index (χ0v) is 15.5. The Kier molecular flexibility index (Phi) is 3.56. The summed E-state index contributed by atoms with van der Waals surface area (Å²) in [6.07, 6.45) is 1.15. The Balaban J connectivity index is 1.77. The third kappa shape index (κ3) is 2.87. The van der Waals surface area contributed by atoms with E-state index in [1.807, 2.05) is 13.8 Å². The summed E-state index contributed by atoms with van der Waals surface area (Å²) in [5.41, 5.74) is 1.49. The first kappa shape index (κ1) is 16.4. The average Bonchev–Trinajstić information content (AvgIpc) is 3.12. The zero-order chi connectivity index (χ0) is 17.8. The van der Waals surface area contributed by atoms with Crippen molar-refractivity contribution in [3.63, 3.8) is 0 Å². The number of furan rings is 1. The van der Waals surface area contributed by atoms with E-state index in [4.69, 9.17) is 4.42 Å². The molecule has 4 rings (SSSR count). The van der Waals surface area contributed by atoms with Crippen LogP contribution in [0.3, 0.4) is 0 Å². The summed E-state index contributed by atoms with van der Waals surface area (Å²) in [4.78, 5) is 12.6. The highest BCUT2D eigenvalue weighted by Gasteiger charge is 2.35. The Morgan fingerprint density at radius 2 is 2.00 bits per heavy atom. The predicted octanol–water partition coefficient (Wildman–Crippen LogP) is 4.45. The molecule has 1 aliphatic carbocycles. The second-order valence-corrected chi connectivity index (χ2v) is 9.95. The first-order valence-corrected chi connectivity index (χ1v) is 10.3. The molecule has 0 saturated carbocycles. The SMILES string of the molecule is CC1(C)CC(=O)c2c(oc3ccc(NS(=O)(=O)c4cccs4)cc23)C1. The summed E-state index contributed by atoms with van der Waals surface area (Å²) in [5, 5.41) is 2.38. The number of rotatable bonds is 3. The second kappa shape index (κ2) is 5.44. The number of hydrogen-bond donors (Lipinski definition) is 1. The van der Waals surface area contributed by atoms with E-state index in [9.17, 15) is 13.2 Å². The number of carbonyl (C=O) groups excluding carboxylic acids is 1. The van der Waals surface area contributed by atoms with E-state index < -0.39 is 10.0 Å². The molecule has 0 bridgehead atoms. The van der Waals surface area contributed by atoms with Crippen LogP contribution < -0.4 is 4.72 Å². The van der Waals surface area contributed by atoms with Gasteiger partial charge in [0.1, 0.15) is 15.6 Å². The quantitative estimate of drug-likeness (QED) is 0.734. The monoisotopic (exact) mass is 375 g/mol. The number of Topliss-reactive ketones (excluding diaryl/α,β-unsaturated/α-hetero) is 1. The van der Waals surface area contributed by atoms with Gasteiger partial charge >= 0.3 is 0 Å². The first-order valence-electron chi connectivity index (χ1n) is 7.90. The van der Waals surface area contributed by atoms with Crippen LogP contribution >= 0.6 is 11.3 Å². The number of nitrogens with one attached hydrogen (secondary N) is 1. The lowest BCUT2D eigenvalue weighted by Gasteiger charge is -2.27. The third-order valence-electron chi connectivity index (χ3n) is 4.33. The van der Waals surface area contributed by atoms with Crippen LogP contribution in [-0.4, -0.2) is 14.2 Å². The number of hydrogen-bond acceptors (Lipinski definition) is 5. The second-order valence-electron chi connectivity index (χ2n) is 7.09. The molecule has 1 N–H and O–H groups in total. The fourth-order valence-electron chi connectivity index (χ4n) is 3.28. The van der Waals surface area contributed by atoms with E-state index in [1.54, 1.807) is 35.7 Å². The fraction of sp³-hybridized carbons (Fsp3) is 0.278. The van der Waals surface area contributed by atoms with E-state index in [2.05, 4.69) is 4.72 Å². The lowest BCUT2D eigenvalue weighted by molar-refractivity contribution is 0.0906. The molecule has 5 nitrogen and oxygen atoms in total. The molecule has 2 heterocycles. The van der Waals surface area contributed by atoms with Gasteiger partial charge in [-0.25, -0.2) is 8.42 Å². The van der Waals surface area contributed by atoms with Gasteiger partial charge in [-0.3, -0.25) is 9.52 Å². The van der Waals surface area contributed by atoms with Gasteiger partial charge in [0.05, 0.1) is 5.56 Å². The highest BCUT2D eigenvalue weighted by Crippen LogP contribution is 2.40. The van der Waals surface area contributed by atoms with Gasteiger partial charge in [-0.2, -0.15) is 0 Å². The van der Waals surface area contributed by atoms with Crippen LogP contribution in [0.25, 0.3) is 11.0 Å². The Labute approximate surface area is 149 Å². The summed E-state index contributed by atoms with van der Waals surface area (Å²) in [6, 6.07) is 8.28. The van der Waals surface area contributed by atoms with Crippen molar-refractivity contribution in [2.75, 3.05) is 4.72 Å². The zero-order valence-electron chi connectivity index (χ0n) is 13.8. The molecule has 3 aromatic rings. The molecule has 0 atom stereocenters. The van der Waals surface area contributed by atoms with E-state index in [0.717, 1.165) is 11.3 Å². The smallest absolute Gasteiger partial charge is 0.271 e. The normalized spacial score (nSPS) is 16.8. The maximum Gasteiger partial charge on any atom is 0.271 e. The number of benzene rings is 1. The Morgan fingerprint density at radius 3 is 2.72 bits per heavy atom. The number of sulfonamides is 1. The van der Waals surface area contributed by atoms with E-state index >= 15 is 0 Å². The molecular weight excluding hydrogens is 358 g/mol. The maximum atomic E-state index is 12.6. The Hall–Kier alpha value is -2.12.